The maximum absolute atomic E-state index is 12.7. The lowest BCUT2D eigenvalue weighted by Gasteiger charge is -2.46. The normalized spacial score (nSPS) is 18.3. The highest BCUT2D eigenvalue weighted by Crippen LogP contribution is 2.37. The van der Waals surface area contributed by atoms with Gasteiger partial charge in [0.25, 0.3) is 5.91 Å². The van der Waals surface area contributed by atoms with Crippen molar-refractivity contribution < 1.29 is 14.4 Å². The summed E-state index contributed by atoms with van der Waals surface area (Å²) in [5.74, 6) is -0.0156. The summed E-state index contributed by atoms with van der Waals surface area (Å²) in [5, 5.41) is 1.44. The number of likely N-dealkylation sites (tertiary alicyclic amines) is 1. The van der Waals surface area contributed by atoms with Gasteiger partial charge in [-0.1, -0.05) is 48.0 Å². The molecule has 0 aliphatic carbocycles. The molecule has 134 valence electrons. The van der Waals surface area contributed by atoms with Crippen LogP contribution in [0.2, 0.25) is 0 Å². The number of carbonyl (C=O) groups excluding carboxylic acids is 2. The summed E-state index contributed by atoms with van der Waals surface area (Å²) in [7, 11) is 0. The third kappa shape index (κ3) is 2.99. The minimum Gasteiger partial charge on any atom is -0.332 e. The third-order valence-corrected chi connectivity index (χ3v) is 5.08. The Morgan fingerprint density at radius 1 is 1.12 bits per heavy atom. The molecule has 4 rings (SSSR count). The van der Waals surface area contributed by atoms with E-state index in [1.807, 2.05) is 62.4 Å². The van der Waals surface area contributed by atoms with Crippen molar-refractivity contribution in [2.45, 2.75) is 32.4 Å². The molecule has 2 aromatic carbocycles. The van der Waals surface area contributed by atoms with Crippen molar-refractivity contribution in [3.8, 4) is 0 Å². The summed E-state index contributed by atoms with van der Waals surface area (Å²) in [6.07, 6.45) is 0.330. The lowest BCUT2D eigenvalue weighted by Crippen LogP contribution is -2.63. The second-order valence-electron chi connectivity index (χ2n) is 7.35. The first-order valence-corrected chi connectivity index (χ1v) is 8.86. The molecule has 1 spiro atoms. The van der Waals surface area contributed by atoms with Crippen LogP contribution in [0, 0.1) is 13.8 Å². The van der Waals surface area contributed by atoms with E-state index in [0.717, 1.165) is 22.3 Å². The molecule has 5 nitrogen and oxygen atoms in total. The van der Waals surface area contributed by atoms with Gasteiger partial charge in [-0.2, -0.15) is 0 Å². The van der Waals surface area contributed by atoms with Gasteiger partial charge in [-0.3, -0.25) is 14.4 Å². The predicted octanol–water partition coefficient (Wildman–Crippen LogP) is 2.86. The quantitative estimate of drug-likeness (QED) is 0.855. The largest absolute Gasteiger partial charge is 0.332 e. The zero-order valence-corrected chi connectivity index (χ0v) is 15.1. The summed E-state index contributed by atoms with van der Waals surface area (Å²) in [6.45, 7) is 5.31. The lowest BCUT2D eigenvalue weighted by molar-refractivity contribution is -0.233. The average Bonchev–Trinajstić information content (AvgIpc) is 2.91. The first-order valence-electron chi connectivity index (χ1n) is 8.86. The molecule has 0 saturated carbocycles. The third-order valence-electron chi connectivity index (χ3n) is 5.08. The summed E-state index contributed by atoms with van der Waals surface area (Å²) in [4.78, 5) is 32.8. The lowest BCUT2D eigenvalue weighted by atomic mass is 9.89. The number of aryl methyl sites for hydroxylation is 2. The number of hydroxylamine groups is 2. The van der Waals surface area contributed by atoms with Crippen molar-refractivity contribution in [3.63, 3.8) is 0 Å². The van der Waals surface area contributed by atoms with Crippen LogP contribution in [0.5, 0.6) is 0 Å². The molecule has 0 unspecified atom stereocenters. The van der Waals surface area contributed by atoms with Gasteiger partial charge in [0.05, 0.1) is 26.1 Å². The van der Waals surface area contributed by atoms with E-state index in [1.165, 1.54) is 5.06 Å². The van der Waals surface area contributed by atoms with Gasteiger partial charge in [-0.25, -0.2) is 5.06 Å². The van der Waals surface area contributed by atoms with Crippen molar-refractivity contribution in [1.82, 2.24) is 9.96 Å². The smallest absolute Gasteiger partial charge is 0.254 e. The van der Waals surface area contributed by atoms with Gasteiger partial charge < -0.3 is 4.90 Å². The van der Waals surface area contributed by atoms with Crippen molar-refractivity contribution >= 4 is 11.8 Å². The Labute approximate surface area is 153 Å². The van der Waals surface area contributed by atoms with Crippen molar-refractivity contribution in [2.75, 3.05) is 13.1 Å². The standard InChI is InChI=1S/C21H22N2O3/c1-15-8-9-18(16(2)10-15)20(25)22-13-21(14-22)11-19(24)23(26-21)12-17-6-4-3-5-7-17/h3-10H,11-14H2,1-2H3. The van der Waals surface area contributed by atoms with Crippen LogP contribution in [0.25, 0.3) is 0 Å². The molecule has 2 heterocycles. The van der Waals surface area contributed by atoms with E-state index >= 15 is 0 Å². The van der Waals surface area contributed by atoms with Crippen molar-refractivity contribution in [2.24, 2.45) is 0 Å². The van der Waals surface area contributed by atoms with E-state index in [4.69, 9.17) is 4.84 Å². The maximum atomic E-state index is 12.7. The highest BCUT2D eigenvalue weighted by Gasteiger charge is 2.54. The van der Waals surface area contributed by atoms with Gasteiger partial charge in [-0.15, -0.1) is 0 Å². The molecule has 5 heteroatoms. The molecule has 2 fully saturated rings. The van der Waals surface area contributed by atoms with Gasteiger partial charge >= 0.3 is 0 Å². The number of benzene rings is 2. The van der Waals surface area contributed by atoms with E-state index in [1.54, 1.807) is 4.90 Å². The number of nitrogens with zero attached hydrogens (tertiary/aromatic N) is 2. The molecule has 2 saturated heterocycles. The molecule has 0 aromatic heterocycles. The van der Waals surface area contributed by atoms with Crippen LogP contribution >= 0.6 is 0 Å². The van der Waals surface area contributed by atoms with E-state index in [-0.39, 0.29) is 11.8 Å². The fourth-order valence-electron chi connectivity index (χ4n) is 3.74. The van der Waals surface area contributed by atoms with Gasteiger partial charge in [-0.05, 0) is 31.0 Å². The van der Waals surface area contributed by atoms with E-state index < -0.39 is 5.60 Å². The maximum Gasteiger partial charge on any atom is 0.254 e. The summed E-state index contributed by atoms with van der Waals surface area (Å²) in [5.41, 5.74) is 3.31. The Kier molecular flexibility index (Phi) is 4.04. The number of amides is 2. The fourth-order valence-corrected chi connectivity index (χ4v) is 3.74. The first-order chi connectivity index (χ1) is 12.5. The molecule has 2 aromatic rings. The van der Waals surface area contributed by atoms with Crippen LogP contribution in [0.1, 0.15) is 33.5 Å². The monoisotopic (exact) mass is 350 g/mol. The van der Waals surface area contributed by atoms with E-state index in [0.29, 0.717) is 26.1 Å². The molecule has 2 aliphatic heterocycles. The van der Waals surface area contributed by atoms with Gasteiger partial charge in [0.15, 0.2) is 0 Å². The number of hydrogen-bond donors (Lipinski definition) is 0. The number of carbonyl (C=O) groups is 2. The number of hydrogen-bond acceptors (Lipinski definition) is 3. The summed E-state index contributed by atoms with van der Waals surface area (Å²) < 4.78 is 0. The second kappa shape index (κ2) is 6.25. The minimum absolute atomic E-state index is 0.00526. The SMILES string of the molecule is Cc1ccc(C(=O)N2CC3(CC(=O)N(Cc4ccccc4)O3)C2)c(C)c1. The Morgan fingerprint density at radius 3 is 2.54 bits per heavy atom. The molecule has 0 radical (unpaired) electrons. The molecule has 0 bridgehead atoms. The van der Waals surface area contributed by atoms with Gasteiger partial charge in [0.1, 0.15) is 5.60 Å². The van der Waals surface area contributed by atoms with E-state index in [9.17, 15) is 9.59 Å². The summed E-state index contributed by atoms with van der Waals surface area (Å²) >= 11 is 0. The Hall–Kier alpha value is -2.66. The highest BCUT2D eigenvalue weighted by atomic mass is 16.7. The van der Waals surface area contributed by atoms with Crippen LogP contribution in [-0.2, 0) is 16.2 Å². The Bertz CT molecular complexity index is 857. The molecular formula is C21H22N2O3. The first kappa shape index (κ1) is 16.8. The fraction of sp³-hybridized carbons (Fsp3) is 0.333. The van der Waals surface area contributed by atoms with Crippen LogP contribution in [-0.4, -0.2) is 40.5 Å². The molecule has 0 atom stereocenters. The highest BCUT2D eigenvalue weighted by molar-refractivity contribution is 5.96. The Balaban J connectivity index is 1.41. The van der Waals surface area contributed by atoms with Crippen LogP contribution in [0.15, 0.2) is 48.5 Å². The zero-order valence-electron chi connectivity index (χ0n) is 15.1. The molecule has 2 amide bonds. The van der Waals surface area contributed by atoms with Gasteiger partial charge in [0, 0.05) is 5.56 Å². The van der Waals surface area contributed by atoms with Crippen LogP contribution < -0.4 is 0 Å². The predicted molar refractivity (Wildman–Crippen MR) is 97.2 cm³/mol. The van der Waals surface area contributed by atoms with Crippen molar-refractivity contribution in [1.29, 1.82) is 0 Å². The average molecular weight is 350 g/mol. The van der Waals surface area contributed by atoms with E-state index in [2.05, 4.69) is 0 Å². The molecule has 26 heavy (non-hydrogen) atoms. The van der Waals surface area contributed by atoms with Crippen LogP contribution in [0.4, 0.5) is 0 Å². The minimum atomic E-state index is -0.555. The molecular weight excluding hydrogens is 328 g/mol. The molecule has 2 aliphatic rings. The molecule has 0 N–H and O–H groups in total. The van der Waals surface area contributed by atoms with Crippen LogP contribution in [0.3, 0.4) is 0 Å². The topological polar surface area (TPSA) is 49.9 Å². The summed E-state index contributed by atoms with van der Waals surface area (Å²) in [6, 6.07) is 15.6. The van der Waals surface area contributed by atoms with Crippen molar-refractivity contribution in [3.05, 3.63) is 70.8 Å². The second-order valence-corrected chi connectivity index (χ2v) is 7.35. The van der Waals surface area contributed by atoms with Gasteiger partial charge in [0.2, 0.25) is 5.91 Å². The number of rotatable bonds is 3. The zero-order chi connectivity index (χ0) is 18.3. The Morgan fingerprint density at radius 2 is 1.85 bits per heavy atom.